The van der Waals surface area contributed by atoms with Gasteiger partial charge >= 0.3 is 0 Å². The Morgan fingerprint density at radius 3 is 1.61 bits per heavy atom. The van der Waals surface area contributed by atoms with Crippen LogP contribution in [0.5, 0.6) is 0 Å². The van der Waals surface area contributed by atoms with Crippen LogP contribution in [0.15, 0.2) is 248 Å². The van der Waals surface area contributed by atoms with Crippen molar-refractivity contribution in [1.82, 2.24) is 4.57 Å². The van der Waals surface area contributed by atoms with Crippen LogP contribution in [0.2, 0.25) is 0 Å². The van der Waals surface area contributed by atoms with E-state index in [1.54, 1.807) is 0 Å². The van der Waals surface area contributed by atoms with Gasteiger partial charge in [-0.15, -0.1) is 0 Å². The molecule has 1 atom stereocenters. The van der Waals surface area contributed by atoms with Gasteiger partial charge in [0.25, 0.3) is 0 Å². The van der Waals surface area contributed by atoms with Crippen molar-refractivity contribution in [2.24, 2.45) is 5.92 Å². The van der Waals surface area contributed by atoms with Gasteiger partial charge in [-0.25, -0.2) is 0 Å². The monoisotopic (exact) mass is 844 g/mol. The minimum Gasteiger partial charge on any atom is -0.313 e. The highest BCUT2D eigenvalue weighted by atomic mass is 15.1. The molecule has 0 saturated heterocycles. The summed E-state index contributed by atoms with van der Waals surface area (Å²) in [7, 11) is 0. The molecule has 0 bridgehead atoms. The van der Waals surface area contributed by atoms with Gasteiger partial charge in [-0.1, -0.05) is 194 Å². The molecule has 9 aromatic carbocycles. The molecule has 1 heterocycles. The highest BCUT2D eigenvalue weighted by Crippen LogP contribution is 2.42. The van der Waals surface area contributed by atoms with Gasteiger partial charge in [0.15, 0.2) is 0 Å². The first-order valence-electron chi connectivity index (χ1n) is 23.2. The maximum absolute atomic E-state index is 2.52. The van der Waals surface area contributed by atoms with Crippen molar-refractivity contribution in [2.75, 3.05) is 4.90 Å². The fourth-order valence-electron chi connectivity index (χ4n) is 10.3. The molecule has 0 aliphatic heterocycles. The second kappa shape index (κ2) is 17.1. The molecule has 0 amide bonds. The molecule has 12 rings (SSSR count). The van der Waals surface area contributed by atoms with Gasteiger partial charge in [0.1, 0.15) is 0 Å². The van der Waals surface area contributed by atoms with Crippen LogP contribution in [0.3, 0.4) is 0 Å². The maximum atomic E-state index is 2.52. The molecule has 2 heteroatoms. The van der Waals surface area contributed by atoms with E-state index in [0.29, 0.717) is 5.92 Å². The van der Waals surface area contributed by atoms with Crippen LogP contribution in [0.25, 0.3) is 77.9 Å². The summed E-state index contributed by atoms with van der Waals surface area (Å²) < 4.78 is 2.52. The molecule has 0 saturated carbocycles. The Labute approximate surface area is 387 Å². The molecule has 0 N–H and O–H groups in total. The molecular formula is C64H48N2. The van der Waals surface area contributed by atoms with Crippen LogP contribution < -0.4 is 4.90 Å². The third-order valence-corrected chi connectivity index (χ3v) is 13.7. The van der Waals surface area contributed by atoms with Crippen molar-refractivity contribution in [2.45, 2.75) is 19.3 Å². The van der Waals surface area contributed by atoms with Gasteiger partial charge in [-0.3, -0.25) is 0 Å². The number of aromatic nitrogens is 1. The maximum Gasteiger partial charge on any atom is 0.0538 e. The van der Waals surface area contributed by atoms with Crippen molar-refractivity contribution in [3.63, 3.8) is 0 Å². The van der Waals surface area contributed by atoms with Crippen LogP contribution >= 0.6 is 0 Å². The first-order valence-corrected chi connectivity index (χ1v) is 23.2. The molecule has 1 unspecified atom stereocenters. The molecule has 314 valence electrons. The molecule has 1 aromatic heterocycles. The molecule has 66 heavy (non-hydrogen) atoms. The third-order valence-electron chi connectivity index (χ3n) is 13.7. The molecular weight excluding hydrogens is 797 g/mol. The summed E-state index contributed by atoms with van der Waals surface area (Å²) in [5.41, 5.74) is 19.8. The zero-order valence-corrected chi connectivity index (χ0v) is 36.8. The van der Waals surface area contributed by atoms with E-state index in [1.165, 1.54) is 88.7 Å². The van der Waals surface area contributed by atoms with Crippen LogP contribution in [0, 0.1) is 5.92 Å². The summed E-state index contributed by atoms with van der Waals surface area (Å²) >= 11 is 0. The van der Waals surface area contributed by atoms with Crippen LogP contribution in [-0.4, -0.2) is 4.57 Å². The Balaban J connectivity index is 0.881. The van der Waals surface area contributed by atoms with E-state index < -0.39 is 0 Å². The van der Waals surface area contributed by atoms with Crippen molar-refractivity contribution >= 4 is 44.8 Å². The quantitative estimate of drug-likeness (QED) is 0.141. The molecule has 2 aliphatic rings. The lowest BCUT2D eigenvalue weighted by atomic mass is 9.84. The fourth-order valence-corrected chi connectivity index (χ4v) is 10.3. The second-order valence-electron chi connectivity index (χ2n) is 17.6. The van der Waals surface area contributed by atoms with E-state index in [9.17, 15) is 0 Å². The van der Waals surface area contributed by atoms with Crippen LogP contribution in [0.1, 0.15) is 24.1 Å². The van der Waals surface area contributed by atoms with Crippen LogP contribution in [-0.2, 0) is 6.42 Å². The minimum atomic E-state index is 0.470. The number of hydrogen-bond acceptors (Lipinski definition) is 1. The Hall–Kier alpha value is -8.20. The average molecular weight is 845 g/mol. The van der Waals surface area contributed by atoms with Crippen LogP contribution in [0.4, 0.5) is 17.1 Å². The first kappa shape index (κ1) is 39.4. The van der Waals surface area contributed by atoms with Gasteiger partial charge in [-0.2, -0.15) is 0 Å². The first-order chi connectivity index (χ1) is 32.7. The molecule has 0 fully saturated rings. The van der Waals surface area contributed by atoms with Gasteiger partial charge in [-0.05, 0) is 135 Å². The summed E-state index contributed by atoms with van der Waals surface area (Å²) in [6.07, 6.45) is 14.8. The van der Waals surface area contributed by atoms with E-state index in [1.807, 2.05) is 0 Å². The van der Waals surface area contributed by atoms with Crippen molar-refractivity contribution in [3.05, 3.63) is 260 Å². The number of fused-ring (bicyclic) bond motifs is 4. The second-order valence-corrected chi connectivity index (χ2v) is 17.6. The highest BCUT2D eigenvalue weighted by molar-refractivity contribution is 5.98. The zero-order valence-electron chi connectivity index (χ0n) is 36.8. The number of allylic oxidation sites excluding steroid dienone is 5. The highest BCUT2D eigenvalue weighted by Gasteiger charge is 2.24. The summed E-state index contributed by atoms with van der Waals surface area (Å²) in [5, 5.41) is 3.83. The SMILES string of the molecule is C1=CCC(C2=Cc3c(n(-c4ccc(-c5ccc(N(c6ccc(-c7ccccc7)cc6)c6ccc(-c7cccc8ccccc78)cc6)cc5)cc4)c4ccc(-c5ccccc5)cc34)CC2)C=C1. The van der Waals surface area contributed by atoms with Crippen molar-refractivity contribution in [1.29, 1.82) is 0 Å². The Morgan fingerprint density at radius 2 is 0.970 bits per heavy atom. The molecule has 2 aliphatic carbocycles. The lowest BCUT2D eigenvalue weighted by Crippen LogP contribution is -2.10. The molecule has 2 nitrogen and oxygen atoms in total. The zero-order chi connectivity index (χ0) is 43.8. The largest absolute Gasteiger partial charge is 0.313 e. The van der Waals surface area contributed by atoms with E-state index in [2.05, 4.69) is 258 Å². The fraction of sp³-hybridized carbons (Fsp3) is 0.0625. The average Bonchev–Trinajstić information content (AvgIpc) is 3.73. The number of benzene rings is 9. The summed E-state index contributed by atoms with van der Waals surface area (Å²) in [6.45, 7) is 0. The summed E-state index contributed by atoms with van der Waals surface area (Å²) in [6, 6.07) is 79.8. The van der Waals surface area contributed by atoms with E-state index in [4.69, 9.17) is 0 Å². The lowest BCUT2D eigenvalue weighted by Gasteiger charge is -2.26. The Kier molecular flexibility index (Phi) is 10.2. The predicted molar refractivity (Wildman–Crippen MR) is 280 cm³/mol. The Morgan fingerprint density at radius 1 is 0.424 bits per heavy atom. The normalized spacial score (nSPS) is 14.3. The van der Waals surface area contributed by atoms with E-state index in [-0.39, 0.29) is 0 Å². The number of rotatable bonds is 9. The van der Waals surface area contributed by atoms with Gasteiger partial charge in [0.05, 0.1) is 5.52 Å². The lowest BCUT2D eigenvalue weighted by molar-refractivity contribution is 0.702. The van der Waals surface area contributed by atoms with Gasteiger partial charge in [0, 0.05) is 45.3 Å². The Bertz CT molecular complexity index is 3440. The summed E-state index contributed by atoms with van der Waals surface area (Å²) in [4.78, 5) is 2.36. The predicted octanol–water partition coefficient (Wildman–Crippen LogP) is 17.4. The topological polar surface area (TPSA) is 8.17 Å². The number of hydrogen-bond donors (Lipinski definition) is 0. The molecule has 0 radical (unpaired) electrons. The van der Waals surface area contributed by atoms with Gasteiger partial charge < -0.3 is 9.47 Å². The molecule has 10 aromatic rings. The minimum absolute atomic E-state index is 0.470. The molecule has 0 spiro atoms. The van der Waals surface area contributed by atoms with Crippen molar-refractivity contribution in [3.8, 4) is 50.2 Å². The van der Waals surface area contributed by atoms with E-state index in [0.717, 1.165) is 36.3 Å². The summed E-state index contributed by atoms with van der Waals surface area (Å²) in [5.74, 6) is 0.470. The smallest absolute Gasteiger partial charge is 0.0538 e. The van der Waals surface area contributed by atoms with E-state index >= 15 is 0 Å². The number of nitrogens with zero attached hydrogens (tertiary/aromatic N) is 2. The third kappa shape index (κ3) is 7.37. The van der Waals surface area contributed by atoms with Gasteiger partial charge in [0.2, 0.25) is 0 Å². The number of anilines is 3. The van der Waals surface area contributed by atoms with Crippen molar-refractivity contribution < 1.29 is 0 Å². The standard InChI is InChI=1S/C64H48N2/c1-4-13-45(14-5-1)48-23-33-55(34-24-48)65(57-39-29-52(30-40-57)60-22-12-20-51-19-10-11-21-59(51)60)56-35-25-49(26-36-56)50-27-37-58(38-28-50)66-63-41-31-53(46-15-6-2-7-16-46)43-61(63)62-44-54(32-42-64(62)66)47-17-8-3-9-18-47/h1-17,19-31,33-41,43-44,47H,18,32,42H2.